The standard InChI is InChI=1S/C24H23FN2.ClH/c1-17-21(15-23(26)19-10-6-3-7-11-19)22-14-20(25)12-13-24(22)27(17)16-18-8-4-2-5-9-18;/h2-14,23H,15-16,26H2,1H3;1H. The van der Waals surface area contributed by atoms with Crippen LogP contribution in [0.3, 0.4) is 0 Å². The van der Waals surface area contributed by atoms with Crippen molar-refractivity contribution in [3.05, 3.63) is 107 Å². The lowest BCUT2D eigenvalue weighted by molar-refractivity contribution is 0.629. The molecule has 0 bridgehead atoms. The average Bonchev–Trinajstić information content (AvgIpc) is 2.94. The predicted molar refractivity (Wildman–Crippen MR) is 116 cm³/mol. The average molecular weight is 395 g/mol. The van der Waals surface area contributed by atoms with Crippen LogP contribution in [0.4, 0.5) is 4.39 Å². The first-order valence-electron chi connectivity index (χ1n) is 9.25. The summed E-state index contributed by atoms with van der Waals surface area (Å²) in [7, 11) is 0. The van der Waals surface area contributed by atoms with Gasteiger partial charge in [0.15, 0.2) is 0 Å². The van der Waals surface area contributed by atoms with Gasteiger partial charge in [-0.2, -0.15) is 0 Å². The topological polar surface area (TPSA) is 30.9 Å². The summed E-state index contributed by atoms with van der Waals surface area (Å²) in [6.45, 7) is 2.86. The highest BCUT2D eigenvalue weighted by molar-refractivity contribution is 5.86. The van der Waals surface area contributed by atoms with Gasteiger partial charge >= 0.3 is 0 Å². The molecule has 0 aliphatic carbocycles. The largest absolute Gasteiger partial charge is 0.340 e. The monoisotopic (exact) mass is 394 g/mol. The Labute approximate surface area is 171 Å². The first-order chi connectivity index (χ1) is 13.1. The Morgan fingerprint density at radius 3 is 2.25 bits per heavy atom. The van der Waals surface area contributed by atoms with E-state index in [2.05, 4.69) is 23.6 Å². The lowest BCUT2D eigenvalue weighted by atomic mass is 9.98. The molecule has 4 heteroatoms. The van der Waals surface area contributed by atoms with Crippen LogP contribution >= 0.6 is 12.4 Å². The fraction of sp³-hybridized carbons (Fsp3) is 0.167. The van der Waals surface area contributed by atoms with E-state index in [9.17, 15) is 4.39 Å². The zero-order valence-corrected chi connectivity index (χ0v) is 16.6. The molecule has 1 atom stereocenters. The minimum atomic E-state index is -0.214. The third kappa shape index (κ3) is 3.96. The van der Waals surface area contributed by atoms with Gasteiger partial charge < -0.3 is 10.3 Å². The zero-order chi connectivity index (χ0) is 18.8. The molecule has 1 heterocycles. The van der Waals surface area contributed by atoms with Gasteiger partial charge in [0, 0.05) is 29.2 Å². The fourth-order valence-corrected chi connectivity index (χ4v) is 3.79. The van der Waals surface area contributed by atoms with Crippen LogP contribution in [0.5, 0.6) is 0 Å². The molecule has 4 rings (SSSR count). The number of hydrogen-bond acceptors (Lipinski definition) is 1. The summed E-state index contributed by atoms with van der Waals surface area (Å²) in [5.74, 6) is -0.214. The minimum Gasteiger partial charge on any atom is -0.340 e. The number of nitrogens with zero attached hydrogens (tertiary/aromatic N) is 1. The second-order valence-corrected chi connectivity index (χ2v) is 7.02. The van der Waals surface area contributed by atoms with Crippen LogP contribution in [0.1, 0.15) is 28.4 Å². The molecule has 28 heavy (non-hydrogen) atoms. The van der Waals surface area contributed by atoms with Gasteiger partial charge in [0.1, 0.15) is 5.82 Å². The molecule has 144 valence electrons. The van der Waals surface area contributed by atoms with Crippen LogP contribution in [0.2, 0.25) is 0 Å². The van der Waals surface area contributed by atoms with Crippen LogP contribution < -0.4 is 5.73 Å². The van der Waals surface area contributed by atoms with E-state index in [1.807, 2.05) is 54.6 Å². The Bertz CT molecular complexity index is 1060. The van der Waals surface area contributed by atoms with Gasteiger partial charge in [-0.1, -0.05) is 60.7 Å². The number of hydrogen-bond donors (Lipinski definition) is 1. The number of nitrogens with two attached hydrogens (primary N) is 1. The lowest BCUT2D eigenvalue weighted by Gasteiger charge is -2.13. The van der Waals surface area contributed by atoms with Crippen molar-refractivity contribution in [2.24, 2.45) is 5.73 Å². The van der Waals surface area contributed by atoms with Crippen molar-refractivity contribution in [1.82, 2.24) is 4.57 Å². The molecular formula is C24H24ClFN2. The van der Waals surface area contributed by atoms with E-state index in [0.29, 0.717) is 6.42 Å². The van der Waals surface area contributed by atoms with Crippen molar-refractivity contribution in [3.63, 3.8) is 0 Å². The van der Waals surface area contributed by atoms with Gasteiger partial charge in [-0.25, -0.2) is 4.39 Å². The molecule has 0 aliphatic rings. The number of rotatable bonds is 5. The number of benzene rings is 3. The smallest absolute Gasteiger partial charge is 0.123 e. The normalized spacial score (nSPS) is 12.0. The summed E-state index contributed by atoms with van der Waals surface area (Å²) < 4.78 is 16.3. The quantitative estimate of drug-likeness (QED) is 0.455. The molecule has 0 spiro atoms. The van der Waals surface area contributed by atoms with Crippen molar-refractivity contribution < 1.29 is 4.39 Å². The van der Waals surface area contributed by atoms with Gasteiger partial charge in [0.2, 0.25) is 0 Å². The highest BCUT2D eigenvalue weighted by atomic mass is 35.5. The highest BCUT2D eigenvalue weighted by Crippen LogP contribution is 2.30. The maximum absolute atomic E-state index is 14.0. The van der Waals surface area contributed by atoms with Crippen molar-refractivity contribution in [3.8, 4) is 0 Å². The SMILES string of the molecule is Cc1c(CC(N)c2ccccc2)c2cc(F)ccc2n1Cc1ccccc1.Cl. The minimum absolute atomic E-state index is 0. The number of aromatic nitrogens is 1. The Hall–Kier alpha value is -2.62. The highest BCUT2D eigenvalue weighted by Gasteiger charge is 2.18. The molecule has 3 aromatic carbocycles. The summed E-state index contributed by atoms with van der Waals surface area (Å²) >= 11 is 0. The van der Waals surface area contributed by atoms with Gasteiger partial charge in [-0.15, -0.1) is 12.4 Å². The Morgan fingerprint density at radius 2 is 1.57 bits per heavy atom. The molecule has 0 saturated heterocycles. The molecule has 1 unspecified atom stereocenters. The number of fused-ring (bicyclic) bond motifs is 1. The van der Waals surface area contributed by atoms with Gasteiger partial charge in [-0.05, 0) is 48.2 Å². The third-order valence-corrected chi connectivity index (χ3v) is 5.25. The van der Waals surface area contributed by atoms with E-state index >= 15 is 0 Å². The van der Waals surface area contributed by atoms with Crippen LogP contribution in [0.25, 0.3) is 10.9 Å². The van der Waals surface area contributed by atoms with Crippen LogP contribution in [-0.4, -0.2) is 4.57 Å². The summed E-state index contributed by atoms with van der Waals surface area (Å²) in [5, 5.41) is 0.954. The van der Waals surface area contributed by atoms with Crippen LogP contribution in [0, 0.1) is 12.7 Å². The third-order valence-electron chi connectivity index (χ3n) is 5.25. The Morgan fingerprint density at radius 1 is 0.929 bits per heavy atom. The summed E-state index contributed by atoms with van der Waals surface area (Å²) in [4.78, 5) is 0. The summed E-state index contributed by atoms with van der Waals surface area (Å²) in [6.07, 6.45) is 0.678. The lowest BCUT2D eigenvalue weighted by Crippen LogP contribution is -2.14. The zero-order valence-electron chi connectivity index (χ0n) is 15.8. The molecule has 0 fully saturated rings. The second kappa shape index (κ2) is 8.59. The summed E-state index contributed by atoms with van der Waals surface area (Å²) in [5.41, 5.74) is 12.1. The first-order valence-corrected chi connectivity index (χ1v) is 9.25. The fourth-order valence-electron chi connectivity index (χ4n) is 3.79. The van der Waals surface area contributed by atoms with Gasteiger partial charge in [0.05, 0.1) is 0 Å². The molecule has 2 nitrogen and oxygen atoms in total. The van der Waals surface area contributed by atoms with E-state index in [0.717, 1.165) is 34.3 Å². The molecular weight excluding hydrogens is 371 g/mol. The van der Waals surface area contributed by atoms with Crippen molar-refractivity contribution in [2.45, 2.75) is 25.9 Å². The number of halogens is 2. The maximum atomic E-state index is 14.0. The van der Waals surface area contributed by atoms with E-state index in [1.165, 1.54) is 11.6 Å². The molecule has 1 aromatic heterocycles. The van der Waals surface area contributed by atoms with Crippen LogP contribution in [0.15, 0.2) is 78.9 Å². The first kappa shape index (κ1) is 20.1. The molecule has 0 amide bonds. The molecule has 0 aliphatic heterocycles. The summed E-state index contributed by atoms with van der Waals surface area (Å²) in [6, 6.07) is 25.3. The maximum Gasteiger partial charge on any atom is 0.123 e. The second-order valence-electron chi connectivity index (χ2n) is 7.02. The van der Waals surface area contributed by atoms with Gasteiger partial charge in [-0.3, -0.25) is 0 Å². The van der Waals surface area contributed by atoms with E-state index in [4.69, 9.17) is 5.73 Å². The van der Waals surface area contributed by atoms with Crippen molar-refractivity contribution in [1.29, 1.82) is 0 Å². The van der Waals surface area contributed by atoms with Crippen LogP contribution in [-0.2, 0) is 13.0 Å². The molecule has 2 N–H and O–H groups in total. The molecule has 4 aromatic rings. The molecule has 0 radical (unpaired) electrons. The Kier molecular flexibility index (Phi) is 6.18. The van der Waals surface area contributed by atoms with E-state index in [1.54, 1.807) is 6.07 Å². The molecule has 0 saturated carbocycles. The van der Waals surface area contributed by atoms with Gasteiger partial charge in [0.25, 0.3) is 0 Å². The van der Waals surface area contributed by atoms with E-state index in [-0.39, 0.29) is 24.3 Å². The van der Waals surface area contributed by atoms with E-state index < -0.39 is 0 Å². The Balaban J connectivity index is 0.00000225. The predicted octanol–water partition coefficient (Wildman–Crippen LogP) is 5.80. The van der Waals surface area contributed by atoms with Crippen molar-refractivity contribution in [2.75, 3.05) is 0 Å². The van der Waals surface area contributed by atoms with Crippen molar-refractivity contribution >= 4 is 23.3 Å².